The van der Waals surface area contributed by atoms with Gasteiger partial charge in [-0.05, 0) is 25.2 Å². The Morgan fingerprint density at radius 3 is 2.32 bits per heavy atom. The third kappa shape index (κ3) is 3.09. The van der Waals surface area contributed by atoms with Gasteiger partial charge in [0.05, 0.1) is 16.8 Å². The highest BCUT2D eigenvalue weighted by Gasteiger charge is 2.43. The Kier molecular flexibility index (Phi) is 4.50. The number of alkyl halides is 1. The Morgan fingerprint density at radius 2 is 1.79 bits per heavy atom. The van der Waals surface area contributed by atoms with Crippen LogP contribution in [0.1, 0.15) is 26.2 Å². The summed E-state index contributed by atoms with van der Waals surface area (Å²) >= 11 is 5.89. The minimum Gasteiger partial charge on any atom is -0.229 e. The summed E-state index contributed by atoms with van der Waals surface area (Å²) < 4.78 is 49.5. The molecule has 0 spiro atoms. The van der Waals surface area contributed by atoms with E-state index in [1.165, 1.54) is 4.31 Å². The maximum absolute atomic E-state index is 12.6. The van der Waals surface area contributed by atoms with E-state index in [9.17, 15) is 16.8 Å². The predicted octanol–water partition coefficient (Wildman–Crippen LogP) is 0.843. The molecule has 0 saturated carbocycles. The second-order valence-electron chi connectivity index (χ2n) is 5.49. The average molecular weight is 330 g/mol. The van der Waals surface area contributed by atoms with Gasteiger partial charge in [0.1, 0.15) is 9.84 Å². The molecule has 0 radical (unpaired) electrons. The number of hydrogen-bond acceptors (Lipinski definition) is 4. The monoisotopic (exact) mass is 329 g/mol. The Labute approximate surface area is 120 Å². The fourth-order valence-electron chi connectivity index (χ4n) is 2.88. The molecule has 19 heavy (non-hydrogen) atoms. The molecule has 2 unspecified atom stereocenters. The van der Waals surface area contributed by atoms with Crippen LogP contribution in [-0.2, 0) is 19.9 Å². The molecule has 2 heterocycles. The molecule has 0 amide bonds. The van der Waals surface area contributed by atoms with Gasteiger partial charge < -0.3 is 0 Å². The van der Waals surface area contributed by atoms with Gasteiger partial charge in [-0.1, -0.05) is 6.92 Å². The minimum atomic E-state index is -3.42. The summed E-state index contributed by atoms with van der Waals surface area (Å²) in [4.78, 5) is 0. The third-order valence-electron chi connectivity index (χ3n) is 4.24. The topological polar surface area (TPSA) is 71.5 Å². The first-order chi connectivity index (χ1) is 8.78. The summed E-state index contributed by atoms with van der Waals surface area (Å²) in [7, 11) is -6.46. The van der Waals surface area contributed by atoms with Crippen molar-refractivity contribution in [3.63, 3.8) is 0 Å². The average Bonchev–Trinajstić information content (AvgIpc) is 2.70. The molecular weight excluding hydrogens is 310 g/mol. The largest absolute Gasteiger partial charge is 0.229 e. The molecule has 0 aromatic carbocycles. The zero-order valence-electron chi connectivity index (χ0n) is 11.0. The minimum absolute atomic E-state index is 0.0220. The highest BCUT2D eigenvalue weighted by atomic mass is 35.5. The molecule has 2 aliphatic rings. The molecule has 0 aliphatic carbocycles. The van der Waals surface area contributed by atoms with Crippen LogP contribution in [0.4, 0.5) is 0 Å². The van der Waals surface area contributed by atoms with Gasteiger partial charge >= 0.3 is 0 Å². The maximum atomic E-state index is 12.6. The van der Waals surface area contributed by atoms with Gasteiger partial charge in [-0.3, -0.25) is 0 Å². The molecule has 2 rings (SSSR count). The van der Waals surface area contributed by atoms with Crippen LogP contribution in [0.25, 0.3) is 0 Å². The van der Waals surface area contributed by atoms with Gasteiger partial charge in [-0.15, -0.1) is 11.6 Å². The Bertz CT molecular complexity index is 517. The summed E-state index contributed by atoms with van der Waals surface area (Å²) in [5.74, 6) is 0.517. The van der Waals surface area contributed by atoms with Crippen molar-refractivity contribution in [1.29, 1.82) is 0 Å². The van der Waals surface area contributed by atoms with E-state index in [0.29, 0.717) is 12.4 Å². The van der Waals surface area contributed by atoms with Crippen LogP contribution >= 0.6 is 11.6 Å². The van der Waals surface area contributed by atoms with E-state index in [-0.39, 0.29) is 36.3 Å². The molecule has 2 atom stereocenters. The molecule has 0 aromatic rings. The van der Waals surface area contributed by atoms with E-state index >= 15 is 0 Å². The lowest BCUT2D eigenvalue weighted by Gasteiger charge is -2.30. The Hall–Kier alpha value is 0.150. The van der Waals surface area contributed by atoms with Gasteiger partial charge in [0.2, 0.25) is 10.0 Å². The summed E-state index contributed by atoms with van der Waals surface area (Å²) in [5, 5.41) is -0.563. The second-order valence-corrected chi connectivity index (χ2v) is 10.3. The lowest BCUT2D eigenvalue weighted by atomic mass is 10.1. The van der Waals surface area contributed by atoms with Crippen LogP contribution < -0.4 is 0 Å². The molecule has 0 N–H and O–H groups in total. The first kappa shape index (κ1) is 15.5. The van der Waals surface area contributed by atoms with Crippen LogP contribution in [-0.4, -0.2) is 56.4 Å². The zero-order chi connectivity index (χ0) is 14.3. The molecule has 2 aliphatic heterocycles. The fraction of sp³-hybridized carbons (Fsp3) is 1.00. The summed E-state index contributed by atoms with van der Waals surface area (Å²) in [6, 6.07) is -0.148. The smallest absolute Gasteiger partial charge is 0.217 e. The fourth-order valence-corrected chi connectivity index (χ4v) is 7.45. The number of rotatable bonds is 3. The van der Waals surface area contributed by atoms with Crippen molar-refractivity contribution < 1.29 is 16.8 Å². The van der Waals surface area contributed by atoms with E-state index in [1.807, 2.05) is 6.92 Å². The summed E-state index contributed by atoms with van der Waals surface area (Å²) in [6.07, 6.45) is 1.25. The third-order valence-corrected chi connectivity index (χ3v) is 8.69. The van der Waals surface area contributed by atoms with Crippen molar-refractivity contribution in [3.05, 3.63) is 0 Å². The highest BCUT2D eigenvalue weighted by molar-refractivity contribution is 7.92. The molecule has 8 heteroatoms. The number of sulfone groups is 1. The molecule has 2 fully saturated rings. The molecule has 2 saturated heterocycles. The van der Waals surface area contributed by atoms with Crippen molar-refractivity contribution in [2.75, 3.05) is 23.9 Å². The first-order valence-corrected chi connectivity index (χ1v) is 10.4. The molecular formula is C11H20ClNO4S2. The summed E-state index contributed by atoms with van der Waals surface area (Å²) in [6.45, 7) is 2.51. The van der Waals surface area contributed by atoms with Crippen molar-refractivity contribution in [2.24, 2.45) is 5.92 Å². The zero-order valence-corrected chi connectivity index (χ0v) is 13.3. The first-order valence-electron chi connectivity index (χ1n) is 6.55. The number of halogens is 1. The van der Waals surface area contributed by atoms with E-state index in [4.69, 9.17) is 11.6 Å². The molecule has 112 valence electrons. The van der Waals surface area contributed by atoms with Crippen molar-refractivity contribution in [3.8, 4) is 0 Å². The number of nitrogens with zero attached hydrogens (tertiary/aromatic N) is 1. The van der Waals surface area contributed by atoms with Crippen LogP contribution in [0.15, 0.2) is 0 Å². The van der Waals surface area contributed by atoms with Crippen LogP contribution in [0.5, 0.6) is 0 Å². The van der Waals surface area contributed by atoms with E-state index in [2.05, 4.69) is 0 Å². The number of hydrogen-bond donors (Lipinski definition) is 0. The van der Waals surface area contributed by atoms with Crippen molar-refractivity contribution in [2.45, 2.75) is 37.5 Å². The predicted molar refractivity (Wildman–Crippen MR) is 75.6 cm³/mol. The summed E-state index contributed by atoms with van der Waals surface area (Å²) in [5.41, 5.74) is 0. The second kappa shape index (κ2) is 5.50. The van der Waals surface area contributed by atoms with E-state index < -0.39 is 25.1 Å². The Balaban J connectivity index is 2.15. The van der Waals surface area contributed by atoms with Gasteiger partial charge in [-0.25, -0.2) is 16.8 Å². The van der Waals surface area contributed by atoms with E-state index in [1.54, 1.807) is 0 Å². The lowest BCUT2D eigenvalue weighted by Crippen LogP contribution is -2.46. The highest BCUT2D eigenvalue weighted by Crippen LogP contribution is 2.32. The van der Waals surface area contributed by atoms with Crippen molar-refractivity contribution >= 4 is 31.5 Å². The standard InChI is InChI=1S/C11H20ClNO4S2/c1-9-2-5-13(11(9)8-12)19(16,17)10-3-6-18(14,15)7-4-10/h9-11H,2-8H2,1H3. The van der Waals surface area contributed by atoms with Crippen LogP contribution in [0.2, 0.25) is 0 Å². The Morgan fingerprint density at radius 1 is 1.21 bits per heavy atom. The SMILES string of the molecule is CC1CCN(S(=O)(=O)C2CCS(=O)(=O)CC2)C1CCl. The quantitative estimate of drug-likeness (QED) is 0.719. The normalized spacial score (nSPS) is 33.6. The number of sulfonamides is 1. The van der Waals surface area contributed by atoms with Crippen LogP contribution in [0.3, 0.4) is 0 Å². The van der Waals surface area contributed by atoms with Gasteiger partial charge in [0.25, 0.3) is 0 Å². The van der Waals surface area contributed by atoms with Crippen molar-refractivity contribution in [1.82, 2.24) is 4.31 Å². The van der Waals surface area contributed by atoms with E-state index in [0.717, 1.165) is 6.42 Å². The molecule has 0 aromatic heterocycles. The lowest BCUT2D eigenvalue weighted by molar-refractivity contribution is 0.367. The van der Waals surface area contributed by atoms with Crippen LogP contribution in [0, 0.1) is 5.92 Å². The van der Waals surface area contributed by atoms with Gasteiger partial charge in [0.15, 0.2) is 0 Å². The van der Waals surface area contributed by atoms with Gasteiger partial charge in [-0.2, -0.15) is 4.31 Å². The molecule has 0 bridgehead atoms. The van der Waals surface area contributed by atoms with Gasteiger partial charge in [0, 0.05) is 18.5 Å². The maximum Gasteiger partial charge on any atom is 0.217 e. The molecule has 5 nitrogen and oxygen atoms in total.